The van der Waals surface area contributed by atoms with E-state index in [1.165, 1.54) is 0 Å². The lowest BCUT2D eigenvalue weighted by Crippen LogP contribution is -2.09. The van der Waals surface area contributed by atoms with Crippen LogP contribution in [-0.4, -0.2) is 5.11 Å². The van der Waals surface area contributed by atoms with Crippen LogP contribution >= 0.6 is 15.9 Å². The standard InChI is InChI=1S/C18H14BrNO/c19-14-6-8-16(9-7-14)20(15-4-2-1-3-5-15)17-10-12-18(21)13-11-17/h1-13,21H. The fourth-order valence-electron chi connectivity index (χ4n) is 2.22. The van der Waals surface area contributed by atoms with Crippen molar-refractivity contribution in [3.8, 4) is 5.75 Å². The van der Waals surface area contributed by atoms with Gasteiger partial charge in [-0.25, -0.2) is 0 Å². The van der Waals surface area contributed by atoms with E-state index >= 15 is 0 Å². The van der Waals surface area contributed by atoms with Crippen molar-refractivity contribution in [2.45, 2.75) is 0 Å². The summed E-state index contributed by atoms with van der Waals surface area (Å²) in [7, 11) is 0. The van der Waals surface area contributed by atoms with E-state index in [2.05, 4.69) is 45.1 Å². The van der Waals surface area contributed by atoms with Gasteiger partial charge in [0.2, 0.25) is 0 Å². The number of phenolic OH excluding ortho intramolecular Hbond substituents is 1. The van der Waals surface area contributed by atoms with Crippen molar-refractivity contribution < 1.29 is 5.11 Å². The predicted octanol–water partition coefficient (Wildman–Crippen LogP) is 5.62. The van der Waals surface area contributed by atoms with Crippen LogP contribution in [0.3, 0.4) is 0 Å². The SMILES string of the molecule is Oc1ccc(N(c2ccccc2)c2ccc(Br)cc2)cc1. The molecule has 0 aliphatic rings. The fourth-order valence-corrected chi connectivity index (χ4v) is 2.48. The van der Waals surface area contributed by atoms with Crippen LogP contribution in [0.15, 0.2) is 83.3 Å². The minimum absolute atomic E-state index is 0.266. The van der Waals surface area contributed by atoms with Crippen LogP contribution in [0.1, 0.15) is 0 Å². The third kappa shape index (κ3) is 3.09. The molecule has 0 radical (unpaired) electrons. The molecule has 3 heteroatoms. The zero-order chi connectivity index (χ0) is 14.7. The van der Waals surface area contributed by atoms with Crippen molar-refractivity contribution in [3.05, 3.63) is 83.3 Å². The predicted molar refractivity (Wildman–Crippen MR) is 90.5 cm³/mol. The van der Waals surface area contributed by atoms with Gasteiger partial charge in [0.15, 0.2) is 0 Å². The summed E-state index contributed by atoms with van der Waals surface area (Å²) in [5.41, 5.74) is 3.14. The summed E-state index contributed by atoms with van der Waals surface area (Å²) in [4.78, 5) is 2.14. The van der Waals surface area contributed by atoms with Crippen LogP contribution in [0.5, 0.6) is 5.75 Å². The Balaban J connectivity index is 2.11. The van der Waals surface area contributed by atoms with Gasteiger partial charge in [0.1, 0.15) is 5.75 Å². The summed E-state index contributed by atoms with van der Waals surface area (Å²) in [6.07, 6.45) is 0. The molecule has 2 nitrogen and oxygen atoms in total. The van der Waals surface area contributed by atoms with E-state index in [0.717, 1.165) is 21.5 Å². The lowest BCUT2D eigenvalue weighted by molar-refractivity contribution is 0.475. The summed E-state index contributed by atoms with van der Waals surface area (Å²) >= 11 is 3.47. The second kappa shape index (κ2) is 6.02. The van der Waals surface area contributed by atoms with Crippen LogP contribution in [0.2, 0.25) is 0 Å². The lowest BCUT2D eigenvalue weighted by atomic mass is 10.2. The molecule has 0 unspecified atom stereocenters. The summed E-state index contributed by atoms with van der Waals surface area (Å²) in [5.74, 6) is 0.266. The maximum atomic E-state index is 9.49. The van der Waals surface area contributed by atoms with Crippen LogP contribution in [0.25, 0.3) is 0 Å². The van der Waals surface area contributed by atoms with Gasteiger partial charge in [-0.3, -0.25) is 0 Å². The molecule has 0 spiro atoms. The Morgan fingerprint density at radius 3 is 1.67 bits per heavy atom. The van der Waals surface area contributed by atoms with Gasteiger partial charge in [-0.15, -0.1) is 0 Å². The molecule has 0 saturated heterocycles. The number of halogens is 1. The number of hydrogen-bond acceptors (Lipinski definition) is 2. The maximum Gasteiger partial charge on any atom is 0.115 e. The molecule has 3 aromatic carbocycles. The Morgan fingerprint density at radius 1 is 0.619 bits per heavy atom. The number of nitrogens with zero attached hydrogens (tertiary/aromatic N) is 1. The molecule has 0 aromatic heterocycles. The van der Waals surface area contributed by atoms with Gasteiger partial charge in [-0.1, -0.05) is 34.1 Å². The van der Waals surface area contributed by atoms with Gasteiger partial charge in [-0.05, 0) is 60.7 Å². The molecular formula is C18H14BrNO. The summed E-state index contributed by atoms with van der Waals surface area (Å²) in [5, 5.41) is 9.49. The molecule has 0 atom stereocenters. The number of anilines is 3. The van der Waals surface area contributed by atoms with Crippen LogP contribution in [0, 0.1) is 0 Å². The van der Waals surface area contributed by atoms with Crippen LogP contribution < -0.4 is 4.90 Å². The van der Waals surface area contributed by atoms with Crippen molar-refractivity contribution in [1.82, 2.24) is 0 Å². The van der Waals surface area contributed by atoms with Gasteiger partial charge in [0.05, 0.1) is 0 Å². The first-order valence-corrected chi connectivity index (χ1v) is 7.43. The number of para-hydroxylation sites is 1. The monoisotopic (exact) mass is 339 g/mol. The molecule has 3 aromatic rings. The van der Waals surface area contributed by atoms with E-state index in [-0.39, 0.29) is 5.75 Å². The first kappa shape index (κ1) is 13.7. The highest BCUT2D eigenvalue weighted by Gasteiger charge is 2.11. The average molecular weight is 340 g/mol. The van der Waals surface area contributed by atoms with Gasteiger partial charge in [-0.2, -0.15) is 0 Å². The molecule has 0 bridgehead atoms. The van der Waals surface area contributed by atoms with E-state index in [1.54, 1.807) is 12.1 Å². The minimum atomic E-state index is 0.266. The Labute approximate surface area is 132 Å². The topological polar surface area (TPSA) is 23.5 Å². The number of hydrogen-bond donors (Lipinski definition) is 1. The van der Waals surface area contributed by atoms with E-state index in [9.17, 15) is 5.11 Å². The largest absolute Gasteiger partial charge is 0.508 e. The maximum absolute atomic E-state index is 9.49. The molecule has 0 amide bonds. The molecular weight excluding hydrogens is 326 g/mol. The van der Waals surface area contributed by atoms with Crippen molar-refractivity contribution in [1.29, 1.82) is 0 Å². The second-order valence-electron chi connectivity index (χ2n) is 4.66. The van der Waals surface area contributed by atoms with Crippen LogP contribution in [-0.2, 0) is 0 Å². The number of phenols is 1. The van der Waals surface area contributed by atoms with E-state index in [4.69, 9.17) is 0 Å². The third-order valence-corrected chi connectivity index (χ3v) is 3.74. The van der Waals surface area contributed by atoms with Gasteiger partial charge >= 0.3 is 0 Å². The molecule has 0 saturated carbocycles. The number of aromatic hydroxyl groups is 1. The number of rotatable bonds is 3. The molecule has 21 heavy (non-hydrogen) atoms. The fraction of sp³-hybridized carbons (Fsp3) is 0. The van der Waals surface area contributed by atoms with Gasteiger partial charge in [0.25, 0.3) is 0 Å². The quantitative estimate of drug-likeness (QED) is 0.668. The van der Waals surface area contributed by atoms with Crippen LogP contribution in [0.4, 0.5) is 17.1 Å². The highest BCUT2D eigenvalue weighted by Crippen LogP contribution is 2.35. The van der Waals surface area contributed by atoms with Crippen molar-refractivity contribution in [3.63, 3.8) is 0 Å². The Kier molecular flexibility index (Phi) is 3.93. The smallest absolute Gasteiger partial charge is 0.115 e. The third-order valence-electron chi connectivity index (χ3n) is 3.21. The van der Waals surface area contributed by atoms with E-state index in [0.29, 0.717) is 0 Å². The Morgan fingerprint density at radius 2 is 1.10 bits per heavy atom. The van der Waals surface area contributed by atoms with Crippen molar-refractivity contribution in [2.75, 3.05) is 4.90 Å². The minimum Gasteiger partial charge on any atom is -0.508 e. The highest BCUT2D eigenvalue weighted by atomic mass is 79.9. The second-order valence-corrected chi connectivity index (χ2v) is 5.58. The molecule has 1 N–H and O–H groups in total. The Bertz CT molecular complexity index is 663. The highest BCUT2D eigenvalue weighted by molar-refractivity contribution is 9.10. The lowest BCUT2D eigenvalue weighted by Gasteiger charge is -2.25. The van der Waals surface area contributed by atoms with E-state index < -0.39 is 0 Å². The summed E-state index contributed by atoms with van der Waals surface area (Å²) < 4.78 is 1.05. The zero-order valence-corrected chi connectivity index (χ0v) is 12.9. The number of benzene rings is 3. The van der Waals surface area contributed by atoms with Gasteiger partial charge in [0, 0.05) is 21.5 Å². The molecule has 0 aliphatic carbocycles. The molecule has 0 fully saturated rings. The molecule has 104 valence electrons. The normalized spacial score (nSPS) is 10.3. The molecule has 0 heterocycles. The van der Waals surface area contributed by atoms with Crippen molar-refractivity contribution in [2.24, 2.45) is 0 Å². The zero-order valence-electron chi connectivity index (χ0n) is 11.3. The van der Waals surface area contributed by atoms with Gasteiger partial charge < -0.3 is 10.0 Å². The first-order valence-electron chi connectivity index (χ1n) is 6.64. The first-order chi connectivity index (χ1) is 10.2. The van der Waals surface area contributed by atoms with E-state index in [1.807, 2.05) is 42.5 Å². The molecule has 3 rings (SSSR count). The summed E-state index contributed by atoms with van der Waals surface area (Å²) in [6, 6.07) is 25.5. The molecule has 0 aliphatic heterocycles. The summed E-state index contributed by atoms with van der Waals surface area (Å²) in [6.45, 7) is 0. The van der Waals surface area contributed by atoms with Crippen molar-refractivity contribution >= 4 is 33.0 Å². The average Bonchev–Trinajstić information content (AvgIpc) is 2.52. The Hall–Kier alpha value is -2.26.